The van der Waals surface area contributed by atoms with Crippen molar-refractivity contribution in [3.05, 3.63) is 217 Å². The first kappa shape index (κ1) is 35.0. The SMILES string of the molecule is C/C=C\C=C(/CC)N1C(c2ccccc2)=CCCc2cc(-c3cccc(-c4ccc5c(-c6ccccc6)c6ccccc6c(-c6ccccc6)c5c4)c3)ccc21. The van der Waals surface area contributed by atoms with E-state index in [4.69, 9.17) is 0 Å². The Morgan fingerprint density at radius 1 is 0.500 bits per heavy atom. The van der Waals surface area contributed by atoms with Crippen molar-refractivity contribution in [2.24, 2.45) is 0 Å². The summed E-state index contributed by atoms with van der Waals surface area (Å²) in [6, 6.07) is 64.7. The van der Waals surface area contributed by atoms with Gasteiger partial charge in [0.25, 0.3) is 0 Å². The molecule has 0 atom stereocenters. The van der Waals surface area contributed by atoms with E-state index in [0.29, 0.717) is 0 Å². The smallest absolute Gasteiger partial charge is 0.0491 e. The first-order valence-electron chi connectivity index (χ1n) is 19.9. The second kappa shape index (κ2) is 15.6. The number of allylic oxidation sites excluding steroid dienone is 5. The molecule has 0 amide bonds. The molecule has 1 aliphatic rings. The Morgan fingerprint density at radius 2 is 1.02 bits per heavy atom. The topological polar surface area (TPSA) is 3.24 Å². The average molecular weight is 720 g/mol. The quantitative estimate of drug-likeness (QED) is 0.112. The van der Waals surface area contributed by atoms with Crippen molar-refractivity contribution in [2.75, 3.05) is 4.90 Å². The van der Waals surface area contributed by atoms with Gasteiger partial charge in [-0.05, 0) is 134 Å². The van der Waals surface area contributed by atoms with Crippen LogP contribution in [-0.2, 0) is 6.42 Å². The normalized spacial score (nSPS) is 13.2. The van der Waals surface area contributed by atoms with E-state index in [1.165, 1.54) is 94.3 Å². The highest BCUT2D eigenvalue weighted by Gasteiger charge is 2.23. The molecule has 0 saturated carbocycles. The summed E-state index contributed by atoms with van der Waals surface area (Å²) in [5.74, 6) is 0. The predicted octanol–water partition coefficient (Wildman–Crippen LogP) is 15.3. The third-order valence-electron chi connectivity index (χ3n) is 11.2. The van der Waals surface area contributed by atoms with Crippen LogP contribution in [0.3, 0.4) is 0 Å². The van der Waals surface area contributed by atoms with Gasteiger partial charge in [-0.1, -0.05) is 177 Å². The van der Waals surface area contributed by atoms with Crippen molar-refractivity contribution in [3.63, 3.8) is 0 Å². The van der Waals surface area contributed by atoms with Crippen LogP contribution in [0.2, 0.25) is 0 Å². The minimum atomic E-state index is 0.929. The van der Waals surface area contributed by atoms with E-state index < -0.39 is 0 Å². The maximum atomic E-state index is 2.49. The van der Waals surface area contributed by atoms with Gasteiger partial charge in [-0.25, -0.2) is 0 Å². The molecule has 0 fully saturated rings. The molecule has 0 radical (unpaired) electrons. The van der Waals surface area contributed by atoms with Crippen molar-refractivity contribution in [1.82, 2.24) is 0 Å². The number of benzene rings is 8. The van der Waals surface area contributed by atoms with Crippen molar-refractivity contribution >= 4 is 32.9 Å². The molecule has 0 N–H and O–H groups in total. The van der Waals surface area contributed by atoms with E-state index in [2.05, 4.69) is 219 Å². The lowest BCUT2D eigenvalue weighted by molar-refractivity contribution is 1.00. The average Bonchev–Trinajstić information content (AvgIpc) is 3.46. The minimum Gasteiger partial charge on any atom is -0.314 e. The van der Waals surface area contributed by atoms with Gasteiger partial charge in [-0.2, -0.15) is 0 Å². The van der Waals surface area contributed by atoms with Crippen LogP contribution in [-0.4, -0.2) is 0 Å². The molecule has 270 valence electrons. The number of anilines is 1. The molecule has 9 rings (SSSR count). The summed E-state index contributed by atoms with van der Waals surface area (Å²) in [6.45, 7) is 4.33. The summed E-state index contributed by atoms with van der Waals surface area (Å²) in [6.07, 6.45) is 11.9. The molecule has 0 aliphatic carbocycles. The lowest BCUT2D eigenvalue weighted by Gasteiger charge is -2.31. The number of rotatable bonds is 8. The van der Waals surface area contributed by atoms with Crippen LogP contribution in [0, 0.1) is 0 Å². The Balaban J connectivity index is 1.17. The van der Waals surface area contributed by atoms with Crippen LogP contribution in [0.4, 0.5) is 5.69 Å². The first-order valence-corrected chi connectivity index (χ1v) is 19.9. The van der Waals surface area contributed by atoms with Gasteiger partial charge in [0.15, 0.2) is 0 Å². The Labute approximate surface area is 331 Å². The Hall–Kier alpha value is -6.70. The summed E-state index contributed by atoms with van der Waals surface area (Å²) in [7, 11) is 0. The molecule has 0 spiro atoms. The Kier molecular flexibility index (Phi) is 9.74. The molecule has 0 aromatic heterocycles. The van der Waals surface area contributed by atoms with Gasteiger partial charge in [0.05, 0.1) is 0 Å². The first-order chi connectivity index (χ1) is 27.7. The number of hydrogen-bond donors (Lipinski definition) is 0. The lowest BCUT2D eigenvalue weighted by Crippen LogP contribution is -2.21. The number of aryl methyl sites for hydroxylation is 1. The fourth-order valence-corrected chi connectivity index (χ4v) is 8.56. The highest BCUT2D eigenvalue weighted by Crippen LogP contribution is 2.45. The molecule has 0 bridgehead atoms. The third-order valence-corrected chi connectivity index (χ3v) is 11.2. The van der Waals surface area contributed by atoms with Gasteiger partial charge in [0, 0.05) is 17.1 Å². The van der Waals surface area contributed by atoms with Gasteiger partial charge in [0.2, 0.25) is 0 Å². The zero-order valence-corrected chi connectivity index (χ0v) is 32.1. The van der Waals surface area contributed by atoms with Gasteiger partial charge in [-0.3, -0.25) is 0 Å². The molecule has 1 aliphatic heterocycles. The van der Waals surface area contributed by atoms with Gasteiger partial charge >= 0.3 is 0 Å². The number of hydrogen-bond acceptors (Lipinski definition) is 1. The monoisotopic (exact) mass is 719 g/mol. The Morgan fingerprint density at radius 3 is 1.64 bits per heavy atom. The maximum Gasteiger partial charge on any atom is 0.0491 e. The minimum absolute atomic E-state index is 0.929. The fraction of sp³-hybridized carbons (Fsp3) is 0.0909. The lowest BCUT2D eigenvalue weighted by atomic mass is 9.85. The van der Waals surface area contributed by atoms with Crippen LogP contribution >= 0.6 is 0 Å². The second-order valence-corrected chi connectivity index (χ2v) is 14.6. The van der Waals surface area contributed by atoms with Crippen LogP contribution < -0.4 is 4.90 Å². The molecule has 1 heteroatoms. The molecule has 1 nitrogen and oxygen atoms in total. The van der Waals surface area contributed by atoms with Crippen molar-refractivity contribution in [3.8, 4) is 44.5 Å². The largest absolute Gasteiger partial charge is 0.314 e. The van der Waals surface area contributed by atoms with Crippen LogP contribution in [0.15, 0.2) is 206 Å². The van der Waals surface area contributed by atoms with E-state index in [-0.39, 0.29) is 0 Å². The molecule has 0 saturated heterocycles. The summed E-state index contributed by atoms with van der Waals surface area (Å²) < 4.78 is 0. The van der Waals surface area contributed by atoms with Gasteiger partial charge < -0.3 is 4.90 Å². The number of fused-ring (bicyclic) bond motifs is 3. The van der Waals surface area contributed by atoms with E-state index >= 15 is 0 Å². The summed E-state index contributed by atoms with van der Waals surface area (Å²) in [4.78, 5) is 2.49. The van der Waals surface area contributed by atoms with Crippen LogP contribution in [0.1, 0.15) is 37.8 Å². The summed E-state index contributed by atoms with van der Waals surface area (Å²) in [5.41, 5.74) is 16.3. The van der Waals surface area contributed by atoms with Crippen LogP contribution in [0.5, 0.6) is 0 Å². The van der Waals surface area contributed by atoms with E-state index in [1.54, 1.807) is 0 Å². The van der Waals surface area contributed by atoms with Crippen molar-refractivity contribution in [1.29, 1.82) is 0 Å². The second-order valence-electron chi connectivity index (χ2n) is 14.6. The van der Waals surface area contributed by atoms with Crippen LogP contribution in [0.25, 0.3) is 71.7 Å². The molecule has 1 heterocycles. The standard InChI is InChI=1S/C55H45N/c1-3-5-28-47(4-2)56-52(39-19-9-6-10-20-39)31-18-27-46-37-44(33-35-53(46)56)42-25-17-26-43(36-42)45-32-34-50-51(38-45)55(41-23-13-8-14-24-41)49-30-16-15-29-48(49)54(50)40-21-11-7-12-22-40/h3,5-17,19-26,28-38H,4,18,27H2,1-2H3/b5-3-,47-28+. The molecular formula is C55H45N. The molecule has 8 aromatic rings. The van der Waals surface area contributed by atoms with E-state index in [1.807, 2.05) is 0 Å². The summed E-state index contributed by atoms with van der Waals surface area (Å²) in [5, 5.41) is 5.08. The zero-order valence-electron chi connectivity index (χ0n) is 32.1. The third kappa shape index (κ3) is 6.56. The van der Waals surface area contributed by atoms with E-state index in [0.717, 1.165) is 19.3 Å². The number of nitrogens with zero attached hydrogens (tertiary/aromatic N) is 1. The molecular weight excluding hydrogens is 675 g/mol. The molecule has 56 heavy (non-hydrogen) atoms. The zero-order chi connectivity index (χ0) is 37.8. The van der Waals surface area contributed by atoms with Gasteiger partial charge in [-0.15, -0.1) is 0 Å². The highest BCUT2D eigenvalue weighted by molar-refractivity contribution is 6.22. The van der Waals surface area contributed by atoms with Crippen molar-refractivity contribution < 1.29 is 0 Å². The highest BCUT2D eigenvalue weighted by atomic mass is 15.2. The van der Waals surface area contributed by atoms with E-state index in [9.17, 15) is 0 Å². The van der Waals surface area contributed by atoms with Gasteiger partial charge in [0.1, 0.15) is 0 Å². The Bertz CT molecular complexity index is 2770. The fourth-order valence-electron chi connectivity index (χ4n) is 8.56. The predicted molar refractivity (Wildman–Crippen MR) is 242 cm³/mol. The molecule has 0 unspecified atom stereocenters. The van der Waals surface area contributed by atoms with Crippen molar-refractivity contribution in [2.45, 2.75) is 33.1 Å². The molecule has 8 aromatic carbocycles. The maximum absolute atomic E-state index is 2.49. The summed E-state index contributed by atoms with van der Waals surface area (Å²) >= 11 is 0.